The van der Waals surface area contributed by atoms with Crippen LogP contribution in [0, 0.1) is 22.7 Å². The molecule has 4 aromatic rings. The van der Waals surface area contributed by atoms with Crippen LogP contribution in [0.25, 0.3) is 17.0 Å². The summed E-state index contributed by atoms with van der Waals surface area (Å²) in [6.45, 7) is 0. The van der Waals surface area contributed by atoms with Gasteiger partial charge in [0.1, 0.15) is 17.5 Å². The van der Waals surface area contributed by atoms with Crippen molar-refractivity contribution in [3.8, 4) is 28.8 Å². The van der Waals surface area contributed by atoms with E-state index >= 15 is 0 Å². The molecule has 0 aliphatic carbocycles. The predicted octanol–water partition coefficient (Wildman–Crippen LogP) is 4.41. The Labute approximate surface area is 215 Å². The number of rotatable bonds is 9. The first-order valence-electron chi connectivity index (χ1n) is 10.5. The maximum Gasteiger partial charge on any atom is 0.263 e. The molecule has 186 valence electrons. The first-order valence-corrected chi connectivity index (χ1v) is 12.9. The number of aromatic nitrogens is 3. The molecule has 37 heavy (non-hydrogen) atoms. The summed E-state index contributed by atoms with van der Waals surface area (Å²) in [6, 6.07) is 11.8. The smallest absolute Gasteiger partial charge is 0.263 e. The van der Waals surface area contributed by atoms with Gasteiger partial charge < -0.3 is 15.5 Å². The summed E-state index contributed by atoms with van der Waals surface area (Å²) in [6.07, 6.45) is 5.34. The highest BCUT2D eigenvalue weighted by molar-refractivity contribution is 7.93. The number of anilines is 1. The number of allylic oxidation sites excluding steroid dienone is 1. The zero-order valence-electron chi connectivity index (χ0n) is 19.1. The Morgan fingerprint density at radius 1 is 1.19 bits per heavy atom. The Morgan fingerprint density at radius 2 is 2.00 bits per heavy atom. The van der Waals surface area contributed by atoms with Gasteiger partial charge in [-0.25, -0.2) is 23.4 Å². The van der Waals surface area contributed by atoms with Crippen LogP contribution in [0.4, 0.5) is 9.52 Å². The minimum Gasteiger partial charge on any atom is -0.454 e. The Hall–Kier alpha value is -4.67. The number of sulfonamides is 1. The second-order valence-corrected chi connectivity index (χ2v) is 9.80. The lowest BCUT2D eigenvalue weighted by molar-refractivity contribution is 0.476. The van der Waals surface area contributed by atoms with Crippen LogP contribution in [0.3, 0.4) is 0 Å². The minimum absolute atomic E-state index is 0.0261. The summed E-state index contributed by atoms with van der Waals surface area (Å²) in [5.74, 6) is -0.297. The summed E-state index contributed by atoms with van der Waals surface area (Å²) in [5.41, 5.74) is 1.74. The van der Waals surface area contributed by atoms with Crippen LogP contribution in [0.15, 0.2) is 71.2 Å². The molecule has 0 spiro atoms. The number of ether oxygens (including phenoxy) is 1. The number of thiazole rings is 1. The van der Waals surface area contributed by atoms with E-state index in [1.807, 2.05) is 6.07 Å². The number of nitrogens with zero attached hydrogens (tertiary/aromatic N) is 4. The fourth-order valence-corrected chi connectivity index (χ4v) is 5.01. The van der Waals surface area contributed by atoms with Gasteiger partial charge >= 0.3 is 0 Å². The Kier molecular flexibility index (Phi) is 7.52. The van der Waals surface area contributed by atoms with Gasteiger partial charge in [0.15, 0.2) is 10.9 Å². The van der Waals surface area contributed by atoms with E-state index in [2.05, 4.69) is 25.0 Å². The van der Waals surface area contributed by atoms with Gasteiger partial charge in [-0.1, -0.05) is 0 Å². The molecule has 0 saturated heterocycles. The van der Waals surface area contributed by atoms with Crippen molar-refractivity contribution in [2.45, 2.75) is 4.90 Å². The highest BCUT2D eigenvalue weighted by Gasteiger charge is 2.20. The summed E-state index contributed by atoms with van der Waals surface area (Å²) < 4.78 is 47.1. The minimum atomic E-state index is -3.98. The van der Waals surface area contributed by atoms with Crippen LogP contribution in [-0.4, -0.2) is 36.6 Å². The van der Waals surface area contributed by atoms with Crippen molar-refractivity contribution in [3.05, 3.63) is 83.5 Å². The van der Waals surface area contributed by atoms with Crippen LogP contribution in [-0.2, 0) is 10.0 Å². The van der Waals surface area contributed by atoms with E-state index in [0.29, 0.717) is 22.6 Å². The lowest BCUT2D eigenvalue weighted by Gasteiger charge is -2.15. The Balaban J connectivity index is 1.73. The normalized spacial score (nSPS) is 11.4. The highest BCUT2D eigenvalue weighted by atomic mass is 32.2. The van der Waals surface area contributed by atoms with Gasteiger partial charge in [0.2, 0.25) is 5.95 Å². The molecular formula is C24H18FN7O3S2. The molecule has 4 rings (SSSR count). The van der Waals surface area contributed by atoms with E-state index < -0.39 is 16.0 Å². The van der Waals surface area contributed by atoms with Crippen molar-refractivity contribution in [3.63, 3.8) is 0 Å². The topological polar surface area (TPSA) is 154 Å². The molecule has 0 aliphatic rings. The first kappa shape index (κ1) is 25.4. The second-order valence-electron chi connectivity index (χ2n) is 7.22. The van der Waals surface area contributed by atoms with E-state index in [1.54, 1.807) is 24.6 Å². The van der Waals surface area contributed by atoms with Crippen molar-refractivity contribution < 1.29 is 17.5 Å². The highest BCUT2D eigenvalue weighted by Crippen LogP contribution is 2.33. The molecule has 0 atom stereocenters. The number of nitrogens with one attached hydrogen (secondary N) is 3. The van der Waals surface area contributed by atoms with E-state index in [9.17, 15) is 18.1 Å². The lowest BCUT2D eigenvalue weighted by Crippen LogP contribution is -2.13. The zero-order chi connectivity index (χ0) is 26.4. The predicted molar refractivity (Wildman–Crippen MR) is 137 cm³/mol. The summed E-state index contributed by atoms with van der Waals surface area (Å²) in [7, 11) is -2.33. The zero-order valence-corrected chi connectivity index (χ0v) is 20.8. The Morgan fingerprint density at radius 3 is 2.65 bits per heavy atom. The third-order valence-electron chi connectivity index (χ3n) is 4.91. The van der Waals surface area contributed by atoms with E-state index in [1.165, 1.54) is 48.8 Å². The molecule has 0 fully saturated rings. The molecule has 3 aromatic heterocycles. The third kappa shape index (κ3) is 5.77. The van der Waals surface area contributed by atoms with Crippen molar-refractivity contribution in [2.75, 3.05) is 11.8 Å². The molecule has 0 amide bonds. The maximum absolute atomic E-state index is 13.3. The average molecular weight is 536 g/mol. The van der Waals surface area contributed by atoms with Crippen molar-refractivity contribution in [2.24, 2.45) is 0 Å². The van der Waals surface area contributed by atoms with Gasteiger partial charge in [-0.15, -0.1) is 11.3 Å². The second kappa shape index (κ2) is 10.9. The molecule has 1 aromatic carbocycles. The van der Waals surface area contributed by atoms with E-state index in [-0.39, 0.29) is 27.1 Å². The number of nitriles is 1. The molecule has 13 heteroatoms. The molecule has 3 N–H and O–H groups in total. The third-order valence-corrected chi connectivity index (χ3v) is 7.07. The van der Waals surface area contributed by atoms with Gasteiger partial charge in [-0.05, 0) is 48.5 Å². The fourth-order valence-electron chi connectivity index (χ4n) is 3.19. The number of benzene rings is 1. The van der Waals surface area contributed by atoms with Crippen LogP contribution < -0.4 is 14.8 Å². The van der Waals surface area contributed by atoms with Crippen molar-refractivity contribution >= 4 is 38.4 Å². The Bertz CT molecular complexity index is 1620. The fraction of sp³-hybridized carbons (Fsp3) is 0.0417. The van der Waals surface area contributed by atoms with Crippen molar-refractivity contribution in [1.82, 2.24) is 20.3 Å². The largest absolute Gasteiger partial charge is 0.454 e. The maximum atomic E-state index is 13.3. The molecule has 0 bridgehead atoms. The van der Waals surface area contributed by atoms with E-state index in [0.717, 1.165) is 17.6 Å². The van der Waals surface area contributed by atoms with Gasteiger partial charge in [0, 0.05) is 36.6 Å². The molecule has 0 aliphatic heterocycles. The van der Waals surface area contributed by atoms with Gasteiger partial charge in [-0.3, -0.25) is 4.72 Å². The van der Waals surface area contributed by atoms with Gasteiger partial charge in [0.05, 0.1) is 21.8 Å². The molecule has 0 saturated carbocycles. The molecule has 0 radical (unpaired) electrons. The van der Waals surface area contributed by atoms with Crippen LogP contribution in [0.5, 0.6) is 11.5 Å². The number of pyridine rings is 2. The SMILES string of the molecule is CN/C(=C\C=N)c1nc(-c2ccc(F)nc2)ccc1Oc1ccc(S(=O)(=O)Nc2nccs2)cc1C#N. The number of halogens is 1. The summed E-state index contributed by atoms with van der Waals surface area (Å²) >= 11 is 1.12. The van der Waals surface area contributed by atoms with Gasteiger partial charge in [0.25, 0.3) is 10.0 Å². The summed E-state index contributed by atoms with van der Waals surface area (Å²) in [5, 5.41) is 21.9. The summed E-state index contributed by atoms with van der Waals surface area (Å²) in [4.78, 5) is 12.0. The van der Waals surface area contributed by atoms with Crippen molar-refractivity contribution in [1.29, 1.82) is 10.7 Å². The monoisotopic (exact) mass is 535 g/mol. The molecule has 10 nitrogen and oxygen atoms in total. The van der Waals surface area contributed by atoms with Gasteiger partial charge in [-0.2, -0.15) is 9.65 Å². The first-order chi connectivity index (χ1) is 17.8. The average Bonchev–Trinajstić information content (AvgIpc) is 3.40. The standard InChI is InChI=1S/C24H18FN7O3S2/c1-28-19(8-9-26)23-21(6-4-18(31-23)15-2-7-22(25)30-14-15)35-20-5-3-17(12-16(20)13-27)37(33,34)32-24-29-10-11-36-24/h2-12,14,26,28H,1H3,(H,29,32)/b19-8-,26-9?. The quantitative estimate of drug-likeness (QED) is 0.210. The number of hydrogen-bond donors (Lipinski definition) is 3. The molecule has 0 unspecified atom stereocenters. The van der Waals surface area contributed by atoms with Crippen LogP contribution in [0.1, 0.15) is 11.3 Å². The van der Waals surface area contributed by atoms with Crippen LogP contribution >= 0.6 is 11.3 Å². The molecule has 3 heterocycles. The van der Waals surface area contributed by atoms with Crippen LogP contribution in [0.2, 0.25) is 0 Å². The number of hydrogen-bond acceptors (Lipinski definition) is 10. The van der Waals surface area contributed by atoms with E-state index in [4.69, 9.17) is 10.1 Å². The lowest BCUT2D eigenvalue weighted by atomic mass is 10.1. The molecular weight excluding hydrogens is 517 g/mol.